The number of hydrogen-bond acceptors (Lipinski definition) is 4. The van der Waals surface area contributed by atoms with Crippen molar-refractivity contribution in [2.75, 3.05) is 5.32 Å². The zero-order chi connectivity index (χ0) is 14.0. The van der Waals surface area contributed by atoms with Crippen molar-refractivity contribution in [3.8, 4) is 0 Å². The molecule has 1 atom stereocenters. The van der Waals surface area contributed by atoms with Gasteiger partial charge in [0.15, 0.2) is 0 Å². The maximum Gasteiger partial charge on any atom is 0.242 e. The van der Waals surface area contributed by atoms with E-state index < -0.39 is 0 Å². The van der Waals surface area contributed by atoms with Crippen LogP contribution < -0.4 is 10.6 Å². The normalized spacial score (nSPS) is 16.3. The largest absolute Gasteiger partial charge is 0.352 e. The van der Waals surface area contributed by atoms with Crippen molar-refractivity contribution >= 4 is 11.9 Å². The number of carbonyl (C=O) groups excluding carboxylic acids is 1. The fraction of sp³-hybridized carbons (Fsp3) is 0.643. The van der Waals surface area contributed by atoms with Gasteiger partial charge in [0, 0.05) is 17.4 Å². The van der Waals surface area contributed by atoms with Crippen LogP contribution >= 0.6 is 0 Å². The van der Waals surface area contributed by atoms with Gasteiger partial charge in [0.05, 0.1) is 0 Å². The van der Waals surface area contributed by atoms with Gasteiger partial charge in [-0.3, -0.25) is 4.79 Å². The molecule has 1 unspecified atom stereocenters. The quantitative estimate of drug-likeness (QED) is 0.851. The molecular weight excluding hydrogens is 240 g/mol. The Morgan fingerprint density at radius 2 is 2.00 bits per heavy atom. The topological polar surface area (TPSA) is 66.9 Å². The fourth-order valence-corrected chi connectivity index (χ4v) is 1.77. The van der Waals surface area contributed by atoms with Gasteiger partial charge in [-0.05, 0) is 38.7 Å². The van der Waals surface area contributed by atoms with Crippen LogP contribution in [0.25, 0.3) is 0 Å². The van der Waals surface area contributed by atoms with E-state index in [2.05, 4.69) is 34.4 Å². The van der Waals surface area contributed by atoms with E-state index in [1.807, 2.05) is 19.9 Å². The Bertz CT molecular complexity index is 469. The van der Waals surface area contributed by atoms with Crippen LogP contribution in [0.5, 0.6) is 0 Å². The van der Waals surface area contributed by atoms with Crippen LogP contribution in [0.4, 0.5) is 5.95 Å². The van der Waals surface area contributed by atoms with Crippen LogP contribution in [0.15, 0.2) is 6.07 Å². The minimum absolute atomic E-state index is 0.0127. The molecule has 0 spiro atoms. The van der Waals surface area contributed by atoms with Gasteiger partial charge in [0.2, 0.25) is 11.9 Å². The fourth-order valence-electron chi connectivity index (χ4n) is 1.77. The monoisotopic (exact) mass is 262 g/mol. The summed E-state index contributed by atoms with van der Waals surface area (Å²) in [5.74, 6) is 0.888. The number of nitrogens with zero attached hydrogens (tertiary/aromatic N) is 2. The van der Waals surface area contributed by atoms with Crippen molar-refractivity contribution in [3.63, 3.8) is 0 Å². The van der Waals surface area contributed by atoms with Crippen LogP contribution in [0, 0.1) is 6.92 Å². The Morgan fingerprint density at radius 3 is 2.58 bits per heavy atom. The zero-order valence-electron chi connectivity index (χ0n) is 12.0. The highest BCUT2D eigenvalue weighted by atomic mass is 16.2. The maximum atomic E-state index is 11.9. The Hall–Kier alpha value is -1.65. The molecule has 0 saturated heterocycles. The van der Waals surface area contributed by atoms with Crippen LogP contribution in [0.2, 0.25) is 0 Å². The molecule has 1 amide bonds. The summed E-state index contributed by atoms with van der Waals surface area (Å²) >= 11 is 0. The summed E-state index contributed by atoms with van der Waals surface area (Å²) in [5, 5.41) is 6.05. The number of hydrogen-bond donors (Lipinski definition) is 2. The van der Waals surface area contributed by atoms with Crippen molar-refractivity contribution in [3.05, 3.63) is 17.5 Å². The zero-order valence-corrected chi connectivity index (χ0v) is 12.0. The molecule has 1 aliphatic carbocycles. The average molecular weight is 262 g/mol. The van der Waals surface area contributed by atoms with E-state index in [9.17, 15) is 4.79 Å². The smallest absolute Gasteiger partial charge is 0.242 e. The highest BCUT2D eigenvalue weighted by Gasteiger charge is 2.25. The Labute approximate surface area is 114 Å². The van der Waals surface area contributed by atoms with Crippen LogP contribution in [-0.2, 0) is 4.79 Å². The molecule has 1 aromatic heterocycles. The Morgan fingerprint density at radius 1 is 1.32 bits per heavy atom. The van der Waals surface area contributed by atoms with Crippen LogP contribution in [0.1, 0.15) is 50.9 Å². The second-order valence-electron chi connectivity index (χ2n) is 5.56. The van der Waals surface area contributed by atoms with Crippen molar-refractivity contribution in [2.24, 2.45) is 0 Å². The van der Waals surface area contributed by atoms with Gasteiger partial charge in [-0.1, -0.05) is 13.8 Å². The second-order valence-corrected chi connectivity index (χ2v) is 5.56. The van der Waals surface area contributed by atoms with Gasteiger partial charge >= 0.3 is 0 Å². The summed E-state index contributed by atoms with van der Waals surface area (Å²) < 4.78 is 0. The molecule has 2 rings (SSSR count). The summed E-state index contributed by atoms with van der Waals surface area (Å²) in [6.07, 6.45) is 2.19. The lowest BCUT2D eigenvalue weighted by Gasteiger charge is -2.15. The number of aromatic nitrogens is 2. The molecule has 0 radical (unpaired) electrons. The van der Waals surface area contributed by atoms with Gasteiger partial charge in [-0.2, -0.15) is 0 Å². The molecule has 0 aromatic carbocycles. The van der Waals surface area contributed by atoms with E-state index in [0.29, 0.717) is 17.9 Å². The van der Waals surface area contributed by atoms with Gasteiger partial charge in [-0.15, -0.1) is 0 Å². The van der Waals surface area contributed by atoms with Gasteiger partial charge in [0.25, 0.3) is 0 Å². The van der Waals surface area contributed by atoms with Crippen molar-refractivity contribution in [1.82, 2.24) is 15.3 Å². The summed E-state index contributed by atoms with van der Waals surface area (Å²) in [4.78, 5) is 20.7. The molecule has 5 nitrogen and oxygen atoms in total. The highest BCUT2D eigenvalue weighted by Crippen LogP contribution is 2.19. The molecule has 1 heterocycles. The highest BCUT2D eigenvalue weighted by molar-refractivity contribution is 5.84. The molecule has 1 aromatic rings. The van der Waals surface area contributed by atoms with E-state index in [-0.39, 0.29) is 11.9 Å². The molecule has 1 aliphatic rings. The first-order valence-electron chi connectivity index (χ1n) is 6.88. The lowest BCUT2D eigenvalue weighted by Crippen LogP contribution is -2.39. The third kappa shape index (κ3) is 3.91. The third-order valence-electron chi connectivity index (χ3n) is 3.13. The molecule has 5 heteroatoms. The van der Waals surface area contributed by atoms with Crippen LogP contribution in [-0.4, -0.2) is 28.0 Å². The molecule has 19 heavy (non-hydrogen) atoms. The van der Waals surface area contributed by atoms with E-state index in [1.54, 1.807) is 0 Å². The van der Waals surface area contributed by atoms with Crippen molar-refractivity contribution in [2.45, 2.75) is 58.5 Å². The molecule has 0 bridgehead atoms. The van der Waals surface area contributed by atoms with Crippen LogP contribution in [0.3, 0.4) is 0 Å². The predicted octanol–water partition coefficient (Wildman–Crippen LogP) is 1.99. The van der Waals surface area contributed by atoms with Crippen molar-refractivity contribution < 1.29 is 4.79 Å². The summed E-state index contributed by atoms with van der Waals surface area (Å²) in [6, 6.07) is 2.04. The van der Waals surface area contributed by atoms with E-state index in [1.165, 1.54) is 0 Å². The van der Waals surface area contributed by atoms with Crippen molar-refractivity contribution in [1.29, 1.82) is 0 Å². The third-order valence-corrected chi connectivity index (χ3v) is 3.13. The SMILES string of the molecule is Cc1cc(C(C)C)nc(NC(C)C(=O)NC2CC2)n1. The Kier molecular flexibility index (Phi) is 4.02. The number of nitrogens with one attached hydrogen (secondary N) is 2. The number of carbonyl (C=O) groups is 1. The minimum atomic E-state index is -0.317. The molecule has 104 valence electrons. The van der Waals surface area contributed by atoms with E-state index >= 15 is 0 Å². The molecule has 0 aliphatic heterocycles. The number of amides is 1. The lowest BCUT2D eigenvalue weighted by atomic mass is 10.1. The summed E-state index contributed by atoms with van der Waals surface area (Å²) in [7, 11) is 0. The maximum absolute atomic E-state index is 11.9. The second kappa shape index (κ2) is 5.55. The van der Waals surface area contributed by atoms with E-state index in [4.69, 9.17) is 0 Å². The number of rotatable bonds is 5. The summed E-state index contributed by atoms with van der Waals surface area (Å²) in [6.45, 7) is 7.95. The summed E-state index contributed by atoms with van der Waals surface area (Å²) in [5.41, 5.74) is 1.90. The molecule has 1 fully saturated rings. The molecule has 1 saturated carbocycles. The molecule has 2 N–H and O–H groups in total. The standard InChI is InChI=1S/C14H22N4O/c1-8(2)12-7-9(3)15-14(18-12)16-10(4)13(19)17-11-5-6-11/h7-8,10-11H,5-6H2,1-4H3,(H,17,19)(H,15,16,18). The first kappa shape index (κ1) is 13.8. The lowest BCUT2D eigenvalue weighted by molar-refractivity contribution is -0.121. The first-order chi connectivity index (χ1) is 8.95. The predicted molar refractivity (Wildman–Crippen MR) is 75.1 cm³/mol. The van der Waals surface area contributed by atoms with Gasteiger partial charge < -0.3 is 10.6 Å². The average Bonchev–Trinajstić information content (AvgIpc) is 3.11. The first-order valence-corrected chi connectivity index (χ1v) is 6.88. The Balaban J connectivity index is 2.02. The number of anilines is 1. The van der Waals surface area contributed by atoms with Gasteiger partial charge in [-0.25, -0.2) is 9.97 Å². The minimum Gasteiger partial charge on any atom is -0.352 e. The van der Waals surface area contributed by atoms with Gasteiger partial charge in [0.1, 0.15) is 6.04 Å². The molecular formula is C14H22N4O. The number of aryl methyl sites for hydroxylation is 1. The van der Waals surface area contributed by atoms with E-state index in [0.717, 1.165) is 24.2 Å².